The minimum Gasteiger partial charge on any atom is -0.543 e. The molecule has 4 rings (SSSR count). The first-order chi connectivity index (χ1) is 15.9. The summed E-state index contributed by atoms with van der Waals surface area (Å²) in [5, 5.41) is 0.131. The molecule has 3 aliphatic carbocycles. The second kappa shape index (κ2) is 9.54. The van der Waals surface area contributed by atoms with Gasteiger partial charge in [0.25, 0.3) is 0 Å². The van der Waals surface area contributed by atoms with Gasteiger partial charge < -0.3 is 4.43 Å². The zero-order valence-electron chi connectivity index (χ0n) is 22.1. The van der Waals surface area contributed by atoms with Crippen LogP contribution in [0.25, 0.3) is 0 Å². The van der Waals surface area contributed by atoms with Crippen molar-refractivity contribution >= 4 is 25.7 Å². The molecular formula is C29H44ClFO2Si. The van der Waals surface area contributed by atoms with Crippen LogP contribution in [-0.4, -0.2) is 26.2 Å². The lowest BCUT2D eigenvalue weighted by Crippen LogP contribution is -2.50. The minimum absolute atomic E-state index is 0.0901. The summed E-state index contributed by atoms with van der Waals surface area (Å²) < 4.78 is 22.6. The summed E-state index contributed by atoms with van der Waals surface area (Å²) in [7, 11) is -1.95. The molecular weight excluding hydrogens is 463 g/mol. The third-order valence-corrected chi connectivity index (χ3v) is 14.5. The van der Waals surface area contributed by atoms with E-state index in [2.05, 4.69) is 59.0 Å². The number of alkyl halides is 2. The summed E-state index contributed by atoms with van der Waals surface area (Å²) in [6.07, 6.45) is 6.35. The van der Waals surface area contributed by atoms with Gasteiger partial charge in [0.15, 0.2) is 0 Å². The van der Waals surface area contributed by atoms with E-state index in [0.717, 1.165) is 44.3 Å². The summed E-state index contributed by atoms with van der Waals surface area (Å²) in [5.41, 5.74) is 1.98. The number of hydrogen-bond acceptors (Lipinski definition) is 2. The molecule has 2 nitrogen and oxygen atoms in total. The highest BCUT2D eigenvalue weighted by molar-refractivity contribution is 6.74. The fourth-order valence-corrected chi connectivity index (χ4v) is 8.22. The second-order valence-electron chi connectivity index (χ2n) is 13.0. The molecule has 0 unspecified atom stereocenters. The van der Waals surface area contributed by atoms with Crippen molar-refractivity contribution in [2.75, 3.05) is 5.88 Å². The van der Waals surface area contributed by atoms with Crippen LogP contribution in [0.5, 0.6) is 5.75 Å². The van der Waals surface area contributed by atoms with Gasteiger partial charge in [0.1, 0.15) is 17.7 Å². The molecule has 1 aromatic carbocycles. The molecule has 2 saturated carbocycles. The number of carbonyl (C=O) groups is 1. The minimum atomic E-state index is -1.95. The number of fused-ring (bicyclic) bond motifs is 5. The molecule has 0 aliphatic heterocycles. The van der Waals surface area contributed by atoms with Gasteiger partial charge in [-0.15, -0.1) is 11.6 Å². The number of unbranched alkanes of at least 4 members (excludes halogenated alkanes) is 2. The lowest BCUT2D eigenvalue weighted by atomic mass is 9.51. The first kappa shape index (κ1) is 26.2. The SMILES string of the molecule is CC(C)(C)[Si](C)(C)Oc1ccc2c(c1)C[C@@H](CCCCCCl)[C@@H]1[C@@H]2[C@@H](F)C[C@]2(C)C(=O)CC[C@@H]12. The van der Waals surface area contributed by atoms with Gasteiger partial charge >= 0.3 is 0 Å². The van der Waals surface area contributed by atoms with Crippen molar-refractivity contribution in [3.8, 4) is 5.75 Å². The van der Waals surface area contributed by atoms with Crippen LogP contribution in [0.3, 0.4) is 0 Å². The van der Waals surface area contributed by atoms with Gasteiger partial charge in [-0.3, -0.25) is 4.79 Å². The molecule has 0 amide bonds. The van der Waals surface area contributed by atoms with E-state index in [-0.39, 0.29) is 16.9 Å². The molecule has 0 N–H and O–H groups in total. The van der Waals surface area contributed by atoms with Crippen LogP contribution < -0.4 is 4.43 Å². The summed E-state index contributed by atoms with van der Waals surface area (Å²) in [6, 6.07) is 6.46. The van der Waals surface area contributed by atoms with Crippen molar-refractivity contribution in [3.05, 3.63) is 29.3 Å². The van der Waals surface area contributed by atoms with Crippen LogP contribution in [0.4, 0.5) is 4.39 Å². The number of halogens is 2. The first-order valence-electron chi connectivity index (χ1n) is 13.4. The quantitative estimate of drug-likeness (QED) is 0.210. The van der Waals surface area contributed by atoms with Gasteiger partial charge in [-0.1, -0.05) is 46.6 Å². The van der Waals surface area contributed by atoms with Crippen molar-refractivity contribution in [2.24, 2.45) is 23.2 Å². The van der Waals surface area contributed by atoms with Crippen molar-refractivity contribution in [3.63, 3.8) is 0 Å². The van der Waals surface area contributed by atoms with Crippen LogP contribution in [0.15, 0.2) is 18.2 Å². The Bertz CT molecular complexity index is 910. The molecule has 0 radical (unpaired) electrons. The highest BCUT2D eigenvalue weighted by Gasteiger charge is 2.60. The molecule has 0 saturated heterocycles. The zero-order valence-corrected chi connectivity index (χ0v) is 23.8. The number of ketones is 1. The van der Waals surface area contributed by atoms with Crippen molar-refractivity contribution < 1.29 is 13.6 Å². The number of hydrogen-bond donors (Lipinski definition) is 0. The maximum absolute atomic E-state index is 16.0. The maximum Gasteiger partial charge on any atom is 0.250 e. The van der Waals surface area contributed by atoms with Crippen LogP contribution >= 0.6 is 11.6 Å². The summed E-state index contributed by atoms with van der Waals surface area (Å²) in [5.74, 6) is 2.84. The molecule has 0 spiro atoms. The Balaban J connectivity index is 1.68. The van der Waals surface area contributed by atoms with E-state index >= 15 is 4.39 Å². The van der Waals surface area contributed by atoms with Gasteiger partial charge in [0.2, 0.25) is 8.32 Å². The fraction of sp³-hybridized carbons (Fsp3) is 0.759. The standard InChI is InChI=1S/C29H44ClFO2Si/c1-28(2,3)34(5,6)33-21-11-12-22-20(17-21)16-19(10-8-7-9-15-30)26-23-13-14-25(32)29(23,4)18-24(31)27(22)26/h11-12,17,19,23-24,26-27H,7-10,13-16,18H2,1-6H3/t19-,23+,24+,26+,27+,29+/m1/s1. The van der Waals surface area contributed by atoms with Crippen LogP contribution in [0.2, 0.25) is 18.1 Å². The lowest BCUT2D eigenvalue weighted by Gasteiger charge is -2.53. The third-order valence-electron chi connectivity index (χ3n) is 9.91. The van der Waals surface area contributed by atoms with Crippen molar-refractivity contribution in [1.82, 2.24) is 0 Å². The molecule has 190 valence electrons. The van der Waals surface area contributed by atoms with Crippen molar-refractivity contribution in [2.45, 2.75) is 109 Å². The predicted octanol–water partition coefficient (Wildman–Crippen LogP) is 8.47. The summed E-state index contributed by atoms with van der Waals surface area (Å²) in [6.45, 7) is 13.4. The average molecular weight is 507 g/mol. The Morgan fingerprint density at radius 2 is 1.94 bits per heavy atom. The highest BCUT2D eigenvalue weighted by atomic mass is 35.5. The maximum atomic E-state index is 16.0. The Morgan fingerprint density at radius 3 is 2.62 bits per heavy atom. The van der Waals surface area contributed by atoms with E-state index in [9.17, 15) is 4.79 Å². The normalized spacial score (nSPS) is 33.3. The number of Topliss-reactive ketones (excluding diaryl/α,β-unsaturated/α-hetero) is 1. The van der Waals surface area contributed by atoms with Gasteiger partial charge in [-0.25, -0.2) is 4.39 Å². The van der Waals surface area contributed by atoms with E-state index in [1.807, 2.05) is 0 Å². The van der Waals surface area contributed by atoms with E-state index < -0.39 is 19.9 Å². The van der Waals surface area contributed by atoms with Gasteiger partial charge in [0, 0.05) is 23.6 Å². The highest BCUT2D eigenvalue weighted by Crippen LogP contribution is 2.62. The Kier molecular flexibility index (Phi) is 7.35. The number of benzene rings is 1. The first-order valence-corrected chi connectivity index (χ1v) is 16.9. The van der Waals surface area contributed by atoms with Crippen LogP contribution in [0, 0.1) is 23.2 Å². The molecule has 2 fully saturated rings. The van der Waals surface area contributed by atoms with Gasteiger partial charge in [-0.05, 0) is 91.2 Å². The third kappa shape index (κ3) is 4.63. The molecule has 0 bridgehead atoms. The predicted molar refractivity (Wildman–Crippen MR) is 142 cm³/mol. The van der Waals surface area contributed by atoms with E-state index in [1.54, 1.807) is 0 Å². The monoisotopic (exact) mass is 506 g/mol. The molecule has 0 heterocycles. The van der Waals surface area contributed by atoms with E-state index in [1.165, 1.54) is 11.1 Å². The molecule has 3 aliphatic rings. The van der Waals surface area contributed by atoms with Crippen molar-refractivity contribution in [1.29, 1.82) is 0 Å². The zero-order chi connectivity index (χ0) is 24.9. The largest absolute Gasteiger partial charge is 0.543 e. The summed E-state index contributed by atoms with van der Waals surface area (Å²) in [4.78, 5) is 12.9. The second-order valence-corrected chi connectivity index (χ2v) is 18.1. The van der Waals surface area contributed by atoms with Crippen LogP contribution in [-0.2, 0) is 11.2 Å². The smallest absolute Gasteiger partial charge is 0.250 e. The van der Waals surface area contributed by atoms with Gasteiger partial charge in [-0.2, -0.15) is 0 Å². The topological polar surface area (TPSA) is 26.3 Å². The molecule has 34 heavy (non-hydrogen) atoms. The van der Waals surface area contributed by atoms with Crippen LogP contribution in [0.1, 0.15) is 89.7 Å². The average Bonchev–Trinajstić information content (AvgIpc) is 3.03. The van der Waals surface area contributed by atoms with E-state index in [4.69, 9.17) is 16.0 Å². The molecule has 1 aromatic rings. The number of rotatable bonds is 7. The van der Waals surface area contributed by atoms with E-state index in [0.29, 0.717) is 36.3 Å². The Hall–Kier alpha value is -0.873. The number of carbonyl (C=O) groups excluding carboxylic acids is 1. The molecule has 5 heteroatoms. The Labute approximate surface area is 212 Å². The van der Waals surface area contributed by atoms with Gasteiger partial charge in [0.05, 0.1) is 0 Å². The molecule has 6 atom stereocenters. The summed E-state index contributed by atoms with van der Waals surface area (Å²) >= 11 is 5.93. The lowest BCUT2D eigenvalue weighted by molar-refractivity contribution is -0.132. The fourth-order valence-electron chi connectivity index (χ4n) is 7.01. The molecule has 0 aromatic heterocycles. The Morgan fingerprint density at radius 1 is 1.21 bits per heavy atom.